The lowest BCUT2D eigenvalue weighted by Crippen LogP contribution is -2.37. The van der Waals surface area contributed by atoms with Crippen molar-refractivity contribution in [3.05, 3.63) is 57.1 Å². The third-order valence-corrected chi connectivity index (χ3v) is 3.84. The summed E-state index contributed by atoms with van der Waals surface area (Å²) >= 11 is 0. The number of halogens is 1. The zero-order chi connectivity index (χ0) is 16.3. The second-order valence-corrected chi connectivity index (χ2v) is 5.24. The Balaban J connectivity index is 2.06. The van der Waals surface area contributed by atoms with Crippen molar-refractivity contribution < 1.29 is 8.81 Å². The smallest absolute Gasteiger partial charge is 0.332 e. The van der Waals surface area contributed by atoms with Crippen molar-refractivity contribution in [3.63, 3.8) is 0 Å². The summed E-state index contributed by atoms with van der Waals surface area (Å²) in [5.41, 5.74) is 0.250. The molecule has 0 atom stereocenters. The number of hydrogen-bond acceptors (Lipinski definition) is 4. The van der Waals surface area contributed by atoms with E-state index in [-0.39, 0.29) is 22.8 Å². The molecule has 4 rings (SSSR count). The molecule has 0 amide bonds. The number of hydrogen-bond donors (Lipinski definition) is 0. The van der Waals surface area contributed by atoms with E-state index in [1.54, 1.807) is 18.3 Å². The van der Waals surface area contributed by atoms with E-state index >= 15 is 0 Å². The van der Waals surface area contributed by atoms with E-state index in [0.29, 0.717) is 11.3 Å². The van der Waals surface area contributed by atoms with Gasteiger partial charge in [0.2, 0.25) is 0 Å². The third-order valence-electron chi connectivity index (χ3n) is 3.84. The van der Waals surface area contributed by atoms with Gasteiger partial charge in [0.05, 0.1) is 6.20 Å². The number of rotatable bonds is 1. The molecule has 0 saturated heterocycles. The molecule has 0 unspecified atom stereocenters. The van der Waals surface area contributed by atoms with Crippen molar-refractivity contribution in [2.75, 3.05) is 0 Å². The summed E-state index contributed by atoms with van der Waals surface area (Å²) in [6.45, 7) is 0. The summed E-state index contributed by atoms with van der Waals surface area (Å²) < 4.78 is 22.4. The molecular weight excluding hydrogens is 303 g/mol. The van der Waals surface area contributed by atoms with Crippen LogP contribution in [-0.4, -0.2) is 18.5 Å². The monoisotopic (exact) mass is 314 g/mol. The van der Waals surface area contributed by atoms with Crippen LogP contribution in [0.5, 0.6) is 0 Å². The van der Waals surface area contributed by atoms with Crippen LogP contribution in [0.25, 0.3) is 28.3 Å². The van der Waals surface area contributed by atoms with E-state index in [1.165, 1.54) is 35.2 Å². The summed E-state index contributed by atoms with van der Waals surface area (Å²) in [6.07, 6.45) is 1.60. The zero-order valence-corrected chi connectivity index (χ0v) is 12.3. The van der Waals surface area contributed by atoms with Crippen LogP contribution in [0.3, 0.4) is 0 Å². The van der Waals surface area contributed by atoms with E-state index in [2.05, 4.69) is 4.98 Å². The molecule has 3 aromatic heterocycles. The van der Waals surface area contributed by atoms with E-state index < -0.39 is 11.2 Å². The third kappa shape index (κ3) is 1.78. The molecule has 4 aromatic rings. The molecule has 23 heavy (non-hydrogen) atoms. The minimum Gasteiger partial charge on any atom is -0.423 e. The van der Waals surface area contributed by atoms with Crippen LogP contribution in [-0.2, 0) is 14.1 Å². The summed E-state index contributed by atoms with van der Waals surface area (Å²) in [4.78, 5) is 28.5. The first kappa shape index (κ1) is 13.5. The highest BCUT2D eigenvalue weighted by Gasteiger charge is 2.18. The van der Waals surface area contributed by atoms with Gasteiger partial charge in [0.15, 0.2) is 16.9 Å². The molecule has 8 heteroatoms. The number of aromatic nitrogens is 4. The van der Waals surface area contributed by atoms with Crippen LogP contribution >= 0.6 is 0 Å². The van der Waals surface area contributed by atoms with Crippen molar-refractivity contribution in [1.82, 2.24) is 18.5 Å². The largest absolute Gasteiger partial charge is 0.423 e. The van der Waals surface area contributed by atoms with E-state index in [9.17, 15) is 14.0 Å². The standard InChI is InChI=1S/C15H11FN4O3/c1-18-12-11(13(21)19(2)15(18)22)20-7-10(23-14(20)17-12)8-3-5-9(16)6-4-8/h3-7H,1-2H3. The maximum atomic E-state index is 13.0. The molecule has 0 bridgehead atoms. The van der Waals surface area contributed by atoms with Crippen molar-refractivity contribution in [2.24, 2.45) is 14.1 Å². The average molecular weight is 314 g/mol. The highest BCUT2D eigenvalue weighted by Crippen LogP contribution is 2.24. The van der Waals surface area contributed by atoms with Crippen LogP contribution in [0.2, 0.25) is 0 Å². The van der Waals surface area contributed by atoms with Crippen molar-refractivity contribution >= 4 is 17.0 Å². The SMILES string of the molecule is Cn1c(=O)c2c(nc3oc(-c4ccc(F)cc4)cn32)n(C)c1=O. The summed E-state index contributed by atoms with van der Waals surface area (Å²) in [5, 5.41) is 0. The molecule has 116 valence electrons. The van der Waals surface area contributed by atoms with E-state index in [0.717, 1.165) is 4.57 Å². The van der Waals surface area contributed by atoms with Gasteiger partial charge in [-0.2, -0.15) is 4.98 Å². The van der Waals surface area contributed by atoms with Crippen LogP contribution in [0.4, 0.5) is 4.39 Å². The molecule has 7 nitrogen and oxygen atoms in total. The Morgan fingerprint density at radius 1 is 1.09 bits per heavy atom. The van der Waals surface area contributed by atoms with Crippen LogP contribution < -0.4 is 11.2 Å². The fraction of sp³-hybridized carbons (Fsp3) is 0.133. The normalized spacial score (nSPS) is 11.6. The Morgan fingerprint density at radius 2 is 1.78 bits per heavy atom. The molecule has 0 N–H and O–H groups in total. The summed E-state index contributed by atoms with van der Waals surface area (Å²) in [7, 11) is 2.95. The highest BCUT2D eigenvalue weighted by molar-refractivity contribution is 5.76. The molecule has 1 aromatic carbocycles. The van der Waals surface area contributed by atoms with Gasteiger partial charge in [-0.05, 0) is 24.3 Å². The lowest BCUT2D eigenvalue weighted by atomic mass is 10.2. The molecular formula is C15H11FN4O3. The van der Waals surface area contributed by atoms with Gasteiger partial charge in [0, 0.05) is 19.7 Å². The minimum atomic E-state index is -0.456. The van der Waals surface area contributed by atoms with Crippen LogP contribution in [0.15, 0.2) is 44.5 Å². The van der Waals surface area contributed by atoms with Gasteiger partial charge in [-0.15, -0.1) is 0 Å². The number of fused-ring (bicyclic) bond motifs is 3. The maximum Gasteiger partial charge on any atom is 0.332 e. The maximum absolute atomic E-state index is 13.0. The average Bonchev–Trinajstić information content (AvgIpc) is 3.09. The number of aryl methyl sites for hydroxylation is 1. The van der Waals surface area contributed by atoms with Crippen LogP contribution in [0.1, 0.15) is 0 Å². The van der Waals surface area contributed by atoms with Gasteiger partial charge in [-0.1, -0.05) is 0 Å². The highest BCUT2D eigenvalue weighted by atomic mass is 19.1. The Bertz CT molecular complexity index is 1180. The number of benzene rings is 1. The molecule has 0 fully saturated rings. The summed E-state index contributed by atoms with van der Waals surface area (Å²) in [6, 6.07) is 5.79. The summed E-state index contributed by atoms with van der Waals surface area (Å²) in [5.74, 6) is 0.294. The van der Waals surface area contributed by atoms with Crippen molar-refractivity contribution in [2.45, 2.75) is 0 Å². The lowest BCUT2D eigenvalue weighted by Gasteiger charge is -2.01. The Hall–Kier alpha value is -3.16. The fourth-order valence-corrected chi connectivity index (χ4v) is 2.58. The first-order valence-electron chi connectivity index (χ1n) is 6.81. The minimum absolute atomic E-state index is 0.192. The topological polar surface area (TPSA) is 74.4 Å². The van der Waals surface area contributed by atoms with Gasteiger partial charge < -0.3 is 4.42 Å². The quantitative estimate of drug-likeness (QED) is 0.530. The first-order chi connectivity index (χ1) is 11.0. The molecule has 0 aliphatic rings. The van der Waals surface area contributed by atoms with Gasteiger partial charge >= 0.3 is 11.5 Å². The molecule has 0 aliphatic heterocycles. The Morgan fingerprint density at radius 3 is 2.48 bits per heavy atom. The molecule has 0 aliphatic carbocycles. The van der Waals surface area contributed by atoms with Crippen LogP contribution in [0, 0.1) is 5.82 Å². The second-order valence-electron chi connectivity index (χ2n) is 5.24. The van der Waals surface area contributed by atoms with Gasteiger partial charge in [0.25, 0.3) is 5.56 Å². The molecule has 3 heterocycles. The Labute approximate surface area is 127 Å². The number of imidazole rings is 1. The fourth-order valence-electron chi connectivity index (χ4n) is 2.58. The predicted molar refractivity (Wildman–Crippen MR) is 80.8 cm³/mol. The van der Waals surface area contributed by atoms with E-state index in [4.69, 9.17) is 4.42 Å². The van der Waals surface area contributed by atoms with Crippen molar-refractivity contribution in [1.29, 1.82) is 0 Å². The zero-order valence-electron chi connectivity index (χ0n) is 12.3. The van der Waals surface area contributed by atoms with Crippen molar-refractivity contribution in [3.8, 4) is 11.3 Å². The second kappa shape index (κ2) is 4.42. The molecule has 0 spiro atoms. The molecule has 0 radical (unpaired) electrons. The molecule has 0 saturated carbocycles. The van der Waals surface area contributed by atoms with Gasteiger partial charge in [0.1, 0.15) is 5.82 Å². The lowest BCUT2D eigenvalue weighted by molar-refractivity contribution is 0.609. The van der Waals surface area contributed by atoms with Gasteiger partial charge in [-0.3, -0.25) is 18.3 Å². The number of oxazole rings is 1. The predicted octanol–water partition coefficient (Wildman–Crippen LogP) is 1.28. The Kier molecular flexibility index (Phi) is 2.59. The first-order valence-corrected chi connectivity index (χ1v) is 6.81. The number of nitrogens with zero attached hydrogens (tertiary/aromatic N) is 4. The van der Waals surface area contributed by atoms with Gasteiger partial charge in [-0.25, -0.2) is 9.18 Å². The van der Waals surface area contributed by atoms with E-state index in [1.807, 2.05) is 0 Å².